The van der Waals surface area contributed by atoms with E-state index in [1.54, 1.807) is 0 Å². The summed E-state index contributed by atoms with van der Waals surface area (Å²) in [6, 6.07) is 0. The van der Waals surface area contributed by atoms with E-state index in [0.29, 0.717) is 0 Å². The normalized spacial score (nSPS) is 6.86. The Morgan fingerprint density at radius 2 is 1.29 bits per heavy atom. The van der Waals surface area contributed by atoms with Crippen molar-refractivity contribution in [1.29, 1.82) is 0 Å². The number of rotatable bonds is 1. The molecule has 0 radical (unpaired) electrons. The van der Waals surface area contributed by atoms with Gasteiger partial charge < -0.3 is 29.7 Å². The van der Waals surface area contributed by atoms with Crippen LogP contribution in [-0.2, 0) is 0 Å². The molecule has 48 valence electrons. The van der Waals surface area contributed by atoms with Crippen LogP contribution in [0.1, 0.15) is 6.92 Å². The van der Waals surface area contributed by atoms with Crippen molar-refractivity contribution in [2.75, 3.05) is 20.6 Å². The third-order valence-electron chi connectivity index (χ3n) is 0.707. The van der Waals surface area contributed by atoms with Gasteiger partial charge in [-0.15, -0.1) is 0 Å². The summed E-state index contributed by atoms with van der Waals surface area (Å²) < 4.78 is 0. The monoisotopic (exact) mass is 144 g/mol. The molecule has 3 heteroatoms. The molecule has 7 heavy (non-hydrogen) atoms. The maximum atomic E-state index is 2.16. The van der Waals surface area contributed by atoms with E-state index in [2.05, 4.69) is 21.0 Å². The van der Waals surface area contributed by atoms with Gasteiger partial charge >= 0.3 is 0 Å². The van der Waals surface area contributed by atoms with Gasteiger partial charge in [-0.1, -0.05) is 0 Å². The maximum absolute atomic E-state index is 2.16. The molecule has 0 aromatic heterocycles. The Morgan fingerprint density at radius 3 is 1.29 bits per heavy atom. The smallest absolute Gasteiger partial charge is 0.0738 e. The molecule has 0 saturated heterocycles. The van der Waals surface area contributed by atoms with Crippen molar-refractivity contribution >= 4 is 0 Å². The van der Waals surface area contributed by atoms with Gasteiger partial charge in [-0.2, -0.15) is 0 Å². The summed E-state index contributed by atoms with van der Waals surface area (Å²) in [6.45, 7) is 3.38. The van der Waals surface area contributed by atoms with Crippen LogP contribution < -0.4 is 29.7 Å². The van der Waals surface area contributed by atoms with Gasteiger partial charge in [-0.05, 0) is 6.92 Å². The molecule has 0 bridgehead atoms. The minimum Gasteiger partial charge on any atom is -1.00 e. The molecule has 0 aliphatic heterocycles. The van der Waals surface area contributed by atoms with E-state index in [9.17, 15) is 0 Å². The van der Waals surface area contributed by atoms with Gasteiger partial charge in [-0.3, -0.25) is 0 Å². The Morgan fingerprint density at radius 1 is 1.14 bits per heavy atom. The minimum absolute atomic E-state index is 0. The van der Waals surface area contributed by atoms with Crippen molar-refractivity contribution in [3.8, 4) is 0 Å². The standard InChI is InChI=1S/C4H11N.2ClH/c1-4-5(2)3;;/h4H2,1-3H3;2*1H/p-1. The van der Waals surface area contributed by atoms with Gasteiger partial charge in [0.15, 0.2) is 0 Å². The first-order valence-corrected chi connectivity index (χ1v) is 2.06. The molecule has 0 atom stereocenters. The van der Waals surface area contributed by atoms with Gasteiger partial charge in [0, 0.05) is 0 Å². The summed E-state index contributed by atoms with van der Waals surface area (Å²) in [7, 11) is 4.28. The molecule has 0 aliphatic carbocycles. The third kappa shape index (κ3) is 20.9. The van der Waals surface area contributed by atoms with Crippen LogP contribution in [0.25, 0.3) is 0 Å². The number of halogens is 2. The molecular weight excluding hydrogens is 133 g/mol. The van der Waals surface area contributed by atoms with E-state index in [4.69, 9.17) is 0 Å². The molecule has 1 nitrogen and oxygen atoms in total. The predicted octanol–water partition coefficient (Wildman–Crippen LogP) is -6.84. The molecule has 0 saturated carbocycles. The van der Waals surface area contributed by atoms with Crippen LogP contribution in [0.5, 0.6) is 0 Å². The summed E-state index contributed by atoms with van der Waals surface area (Å²) in [5.74, 6) is 0. The highest BCUT2D eigenvalue weighted by molar-refractivity contribution is 3.92. The van der Waals surface area contributed by atoms with Gasteiger partial charge in [0.25, 0.3) is 0 Å². The third-order valence-corrected chi connectivity index (χ3v) is 0.707. The van der Waals surface area contributed by atoms with Crippen LogP contribution in [0.3, 0.4) is 0 Å². The maximum Gasteiger partial charge on any atom is 0.0738 e. The molecule has 0 amide bonds. The highest BCUT2D eigenvalue weighted by Gasteiger charge is 1.75. The molecular formula is C4H12Cl2N-. The predicted molar refractivity (Wildman–Crippen MR) is 23.4 cm³/mol. The Bertz CT molecular complexity index is 23.7. The average Bonchev–Trinajstić information content (AvgIpc) is 1.38. The van der Waals surface area contributed by atoms with Crippen LogP contribution in [-0.4, -0.2) is 20.6 Å². The van der Waals surface area contributed by atoms with Gasteiger partial charge in [0.1, 0.15) is 0 Å². The van der Waals surface area contributed by atoms with E-state index >= 15 is 0 Å². The summed E-state index contributed by atoms with van der Waals surface area (Å²) in [4.78, 5) is 1.50. The summed E-state index contributed by atoms with van der Waals surface area (Å²) >= 11 is 0. The lowest BCUT2D eigenvalue weighted by atomic mass is 10.7. The largest absolute Gasteiger partial charge is 1.00 e. The first-order valence-electron chi connectivity index (χ1n) is 2.06. The van der Waals surface area contributed by atoms with E-state index in [-0.39, 0.29) is 24.8 Å². The Labute approximate surface area is 57.9 Å². The van der Waals surface area contributed by atoms with Gasteiger partial charge in [0.2, 0.25) is 0 Å². The van der Waals surface area contributed by atoms with Crippen molar-refractivity contribution in [2.45, 2.75) is 6.92 Å². The van der Waals surface area contributed by atoms with Crippen molar-refractivity contribution in [3.63, 3.8) is 0 Å². The van der Waals surface area contributed by atoms with Crippen molar-refractivity contribution in [3.05, 3.63) is 0 Å². The van der Waals surface area contributed by atoms with E-state index in [1.807, 2.05) is 0 Å². The quantitative estimate of drug-likeness (QED) is 0.374. The highest BCUT2D eigenvalue weighted by Crippen LogP contribution is 1.25. The van der Waals surface area contributed by atoms with Crippen molar-refractivity contribution in [2.24, 2.45) is 0 Å². The zero-order valence-corrected chi connectivity index (χ0v) is 6.47. The second-order valence-electron chi connectivity index (χ2n) is 1.56. The average molecular weight is 145 g/mol. The Hall–Kier alpha value is 0.540. The summed E-state index contributed by atoms with van der Waals surface area (Å²) in [5.41, 5.74) is 0. The molecule has 0 aliphatic rings. The van der Waals surface area contributed by atoms with E-state index in [0.717, 1.165) is 0 Å². The van der Waals surface area contributed by atoms with E-state index < -0.39 is 0 Å². The van der Waals surface area contributed by atoms with Gasteiger partial charge in [-0.25, -0.2) is 0 Å². The van der Waals surface area contributed by atoms with Crippen molar-refractivity contribution < 1.29 is 29.7 Å². The van der Waals surface area contributed by atoms with E-state index in [1.165, 1.54) is 11.4 Å². The second-order valence-corrected chi connectivity index (χ2v) is 1.56. The molecule has 1 N–H and O–H groups in total. The van der Waals surface area contributed by atoms with Crippen LogP contribution in [0.4, 0.5) is 0 Å². The molecule has 0 spiro atoms. The van der Waals surface area contributed by atoms with Crippen LogP contribution in [0, 0.1) is 0 Å². The van der Waals surface area contributed by atoms with Crippen molar-refractivity contribution in [1.82, 2.24) is 0 Å². The number of quaternary nitrogens is 1. The van der Waals surface area contributed by atoms with Crippen LogP contribution in [0.15, 0.2) is 0 Å². The van der Waals surface area contributed by atoms with Crippen LogP contribution in [0.2, 0.25) is 0 Å². The lowest BCUT2D eigenvalue weighted by molar-refractivity contribution is -0.856. The number of hydrogen-bond acceptors (Lipinski definition) is 0. The number of hydrogen-bond donors (Lipinski definition) is 1. The fraction of sp³-hybridized carbons (Fsp3) is 1.00. The SMILES string of the molecule is CC[NH+](C)C.[Cl-].[Cl-]. The molecule has 0 heterocycles. The van der Waals surface area contributed by atoms with Gasteiger partial charge in [0.05, 0.1) is 20.6 Å². The first-order chi connectivity index (χ1) is 2.27. The molecule has 0 fully saturated rings. The fourth-order valence-electron chi connectivity index (χ4n) is 0. The Balaban J connectivity index is -0.0000000800. The lowest BCUT2D eigenvalue weighted by Crippen LogP contribution is -3.05. The first kappa shape index (κ1) is 15.6. The fourth-order valence-corrected chi connectivity index (χ4v) is 0. The zero-order chi connectivity index (χ0) is 4.28. The molecule has 0 aromatic rings. The highest BCUT2D eigenvalue weighted by atomic mass is 35.5. The second kappa shape index (κ2) is 9.74. The minimum atomic E-state index is 0. The number of nitrogens with one attached hydrogen (secondary N) is 1. The molecule has 0 rings (SSSR count). The topological polar surface area (TPSA) is 4.44 Å². The lowest BCUT2D eigenvalue weighted by Gasteiger charge is -1.97. The Kier molecular flexibility index (Phi) is 21.8. The molecule has 0 aromatic carbocycles. The zero-order valence-electron chi connectivity index (χ0n) is 4.96. The summed E-state index contributed by atoms with van der Waals surface area (Å²) in [5, 5.41) is 0. The molecule has 0 unspecified atom stereocenters. The summed E-state index contributed by atoms with van der Waals surface area (Å²) in [6.07, 6.45) is 0. The van der Waals surface area contributed by atoms with Crippen LogP contribution >= 0.6 is 0 Å².